The van der Waals surface area contributed by atoms with Crippen LogP contribution in [0.4, 0.5) is 0 Å². The molecule has 0 saturated heterocycles. The third-order valence-corrected chi connectivity index (χ3v) is 4.64. The molecule has 0 N–H and O–H groups in total. The van der Waals surface area contributed by atoms with Gasteiger partial charge in [-0.05, 0) is 12.0 Å². The number of thiophene rings is 1. The van der Waals surface area contributed by atoms with E-state index >= 15 is 0 Å². The van der Waals surface area contributed by atoms with E-state index in [0.717, 1.165) is 11.3 Å². The van der Waals surface area contributed by atoms with Gasteiger partial charge in [0.05, 0.1) is 12.2 Å². The number of rotatable bonds is 4. The molecule has 0 atom stereocenters. The molecule has 1 heterocycles. The highest BCUT2D eigenvalue weighted by atomic mass is 35.7. The van der Waals surface area contributed by atoms with Gasteiger partial charge < -0.3 is 4.74 Å². The van der Waals surface area contributed by atoms with Crippen LogP contribution in [0.3, 0.4) is 0 Å². The highest BCUT2D eigenvalue weighted by molar-refractivity contribution is 8.15. The summed E-state index contributed by atoms with van der Waals surface area (Å²) in [5.74, 6) is -0.296. The van der Waals surface area contributed by atoms with Crippen LogP contribution in [0.25, 0.3) is 0 Å². The van der Waals surface area contributed by atoms with Crippen LogP contribution < -0.4 is 0 Å². The van der Waals surface area contributed by atoms with Crippen molar-refractivity contribution in [1.29, 1.82) is 0 Å². The Balaban J connectivity index is 2.75. The number of esters is 1. The van der Waals surface area contributed by atoms with Gasteiger partial charge in [-0.3, -0.25) is 0 Å². The molecule has 0 saturated carbocycles. The second-order valence-corrected chi connectivity index (χ2v) is 7.29. The third-order valence-electron chi connectivity index (χ3n) is 1.60. The molecule has 90 valence electrons. The number of hydrogen-bond donors (Lipinski definition) is 0. The van der Waals surface area contributed by atoms with E-state index < -0.39 is 15.0 Å². The first-order valence-electron chi connectivity index (χ1n) is 4.51. The quantitative estimate of drug-likeness (QED) is 0.629. The minimum absolute atomic E-state index is 0.0503. The Labute approximate surface area is 103 Å². The van der Waals surface area contributed by atoms with Crippen molar-refractivity contribution in [3.8, 4) is 0 Å². The summed E-state index contributed by atoms with van der Waals surface area (Å²) in [4.78, 5) is 11.4. The van der Waals surface area contributed by atoms with Gasteiger partial charge in [-0.25, -0.2) is 13.2 Å². The molecule has 0 bridgehead atoms. The molecule has 0 radical (unpaired) electrons. The molecular formula is C9H11ClO4S2. The van der Waals surface area contributed by atoms with Gasteiger partial charge in [0.25, 0.3) is 9.05 Å². The van der Waals surface area contributed by atoms with Gasteiger partial charge in [-0.1, -0.05) is 13.8 Å². The number of hydrogen-bond acceptors (Lipinski definition) is 5. The largest absolute Gasteiger partial charge is 0.462 e. The average molecular weight is 283 g/mol. The second kappa shape index (κ2) is 5.16. The lowest BCUT2D eigenvalue weighted by molar-refractivity contribution is 0.0459. The Morgan fingerprint density at radius 2 is 2.19 bits per heavy atom. The number of ether oxygens (including phenoxy) is 1. The van der Waals surface area contributed by atoms with Crippen LogP contribution in [0.5, 0.6) is 0 Å². The van der Waals surface area contributed by atoms with Crippen molar-refractivity contribution >= 4 is 37.0 Å². The summed E-state index contributed by atoms with van der Waals surface area (Å²) < 4.78 is 26.8. The van der Waals surface area contributed by atoms with Crippen molar-refractivity contribution in [3.63, 3.8) is 0 Å². The van der Waals surface area contributed by atoms with E-state index in [1.807, 2.05) is 13.8 Å². The number of halogens is 1. The molecule has 16 heavy (non-hydrogen) atoms. The van der Waals surface area contributed by atoms with Gasteiger partial charge in [-0.15, -0.1) is 11.3 Å². The van der Waals surface area contributed by atoms with Crippen LogP contribution >= 0.6 is 22.0 Å². The zero-order chi connectivity index (χ0) is 12.3. The summed E-state index contributed by atoms with van der Waals surface area (Å²) >= 11 is 0.898. The predicted molar refractivity (Wildman–Crippen MR) is 62.5 cm³/mol. The standard InChI is InChI=1S/C9H11ClO4S2/c1-6(2)4-14-9(11)7-3-8(15-5-7)16(10,12)13/h3,5-6H,4H2,1-2H3. The van der Waals surface area contributed by atoms with Crippen molar-refractivity contribution in [2.75, 3.05) is 6.61 Å². The first-order valence-corrected chi connectivity index (χ1v) is 7.70. The van der Waals surface area contributed by atoms with Gasteiger partial charge in [-0.2, -0.15) is 0 Å². The zero-order valence-electron chi connectivity index (χ0n) is 8.77. The fourth-order valence-electron chi connectivity index (χ4n) is 0.877. The minimum Gasteiger partial charge on any atom is -0.462 e. The highest BCUT2D eigenvalue weighted by Gasteiger charge is 2.17. The zero-order valence-corrected chi connectivity index (χ0v) is 11.2. The molecule has 4 nitrogen and oxygen atoms in total. The topological polar surface area (TPSA) is 60.4 Å². The molecule has 0 aliphatic carbocycles. The van der Waals surface area contributed by atoms with Crippen molar-refractivity contribution in [2.45, 2.75) is 18.1 Å². The first kappa shape index (κ1) is 13.5. The minimum atomic E-state index is -3.76. The maximum atomic E-state index is 11.4. The van der Waals surface area contributed by atoms with Crippen LogP contribution in [-0.2, 0) is 13.8 Å². The molecule has 1 rings (SSSR count). The molecule has 0 fully saturated rings. The Morgan fingerprint density at radius 1 is 1.56 bits per heavy atom. The van der Waals surface area contributed by atoms with Crippen molar-refractivity contribution in [1.82, 2.24) is 0 Å². The maximum absolute atomic E-state index is 11.4. The van der Waals surface area contributed by atoms with Crippen LogP contribution in [0.2, 0.25) is 0 Å². The normalized spacial score (nSPS) is 11.8. The summed E-state index contributed by atoms with van der Waals surface area (Å²) in [6.07, 6.45) is 0. The fraction of sp³-hybridized carbons (Fsp3) is 0.444. The molecule has 0 aliphatic heterocycles. The number of carbonyl (C=O) groups excluding carboxylic acids is 1. The van der Waals surface area contributed by atoms with Gasteiger partial charge in [0, 0.05) is 16.1 Å². The van der Waals surface area contributed by atoms with Gasteiger partial charge in [0.1, 0.15) is 4.21 Å². The average Bonchev–Trinajstić information content (AvgIpc) is 2.61. The van der Waals surface area contributed by atoms with E-state index in [-0.39, 0.29) is 15.7 Å². The Hall–Kier alpha value is -0.590. The van der Waals surface area contributed by atoms with E-state index in [0.29, 0.717) is 6.61 Å². The van der Waals surface area contributed by atoms with Crippen molar-refractivity contribution < 1.29 is 17.9 Å². The molecule has 0 unspecified atom stereocenters. The van der Waals surface area contributed by atoms with E-state index in [9.17, 15) is 13.2 Å². The Kier molecular flexibility index (Phi) is 4.35. The summed E-state index contributed by atoms with van der Waals surface area (Å²) in [6, 6.07) is 1.22. The molecular weight excluding hydrogens is 272 g/mol. The predicted octanol–water partition coefficient (Wildman–Crippen LogP) is 2.49. The summed E-state index contributed by atoms with van der Waals surface area (Å²) in [6.45, 7) is 4.13. The van der Waals surface area contributed by atoms with Gasteiger partial charge in [0.15, 0.2) is 0 Å². The van der Waals surface area contributed by atoms with Gasteiger partial charge >= 0.3 is 5.97 Å². The molecule has 0 spiro atoms. The Morgan fingerprint density at radius 3 is 2.62 bits per heavy atom. The maximum Gasteiger partial charge on any atom is 0.339 e. The van der Waals surface area contributed by atoms with Crippen LogP contribution in [0, 0.1) is 5.92 Å². The van der Waals surface area contributed by atoms with E-state index in [1.54, 1.807) is 0 Å². The number of carbonyl (C=O) groups is 1. The van der Waals surface area contributed by atoms with E-state index in [4.69, 9.17) is 15.4 Å². The second-order valence-electron chi connectivity index (χ2n) is 3.58. The van der Waals surface area contributed by atoms with Crippen LogP contribution in [0.15, 0.2) is 15.7 Å². The summed E-state index contributed by atoms with van der Waals surface area (Å²) in [7, 11) is 1.37. The summed E-state index contributed by atoms with van der Waals surface area (Å²) in [5, 5.41) is 1.41. The monoisotopic (exact) mass is 282 g/mol. The smallest absolute Gasteiger partial charge is 0.339 e. The molecule has 1 aromatic rings. The fourth-order valence-corrected chi connectivity index (χ4v) is 2.81. The first-order chi connectivity index (χ1) is 7.30. The van der Waals surface area contributed by atoms with Crippen LogP contribution in [-0.4, -0.2) is 21.0 Å². The van der Waals surface area contributed by atoms with Crippen molar-refractivity contribution in [3.05, 3.63) is 17.0 Å². The Bertz CT molecular complexity index is 475. The van der Waals surface area contributed by atoms with Gasteiger partial charge in [0.2, 0.25) is 0 Å². The SMILES string of the molecule is CC(C)COC(=O)c1csc(S(=O)(=O)Cl)c1. The van der Waals surface area contributed by atoms with E-state index in [2.05, 4.69) is 0 Å². The lowest BCUT2D eigenvalue weighted by Crippen LogP contribution is -2.09. The molecule has 0 aromatic carbocycles. The molecule has 1 aromatic heterocycles. The third kappa shape index (κ3) is 3.77. The molecule has 0 amide bonds. The lowest BCUT2D eigenvalue weighted by Gasteiger charge is -2.05. The molecule has 0 aliphatic rings. The lowest BCUT2D eigenvalue weighted by atomic mass is 10.2. The molecule has 7 heteroatoms. The van der Waals surface area contributed by atoms with Crippen molar-refractivity contribution in [2.24, 2.45) is 5.92 Å². The van der Waals surface area contributed by atoms with Crippen LogP contribution in [0.1, 0.15) is 24.2 Å². The summed E-state index contributed by atoms with van der Waals surface area (Å²) in [5.41, 5.74) is 0.213. The highest BCUT2D eigenvalue weighted by Crippen LogP contribution is 2.24. The van der Waals surface area contributed by atoms with E-state index in [1.165, 1.54) is 11.4 Å².